The van der Waals surface area contributed by atoms with E-state index in [2.05, 4.69) is 4.98 Å². The molecule has 0 spiro atoms. The topological polar surface area (TPSA) is 70.2 Å². The third kappa shape index (κ3) is 2.31. The number of carboxylic acids is 1. The highest BCUT2D eigenvalue weighted by Gasteiger charge is 2.10. The summed E-state index contributed by atoms with van der Waals surface area (Å²) in [7, 11) is 0. The smallest absolute Gasteiger partial charge is 0.335 e. The number of hydrogen-bond acceptors (Lipinski definition) is 2. The number of benzene rings is 2. The first-order valence-electron chi connectivity index (χ1n) is 6.52. The Morgan fingerprint density at radius 1 is 1.05 bits per heavy atom. The molecule has 2 N–H and O–H groups in total. The quantitative estimate of drug-likeness (QED) is 0.717. The van der Waals surface area contributed by atoms with Crippen molar-refractivity contribution >= 4 is 22.7 Å². The van der Waals surface area contributed by atoms with E-state index in [1.54, 1.807) is 24.3 Å². The molecular formula is C17H13NO3. The van der Waals surface area contributed by atoms with Crippen LogP contribution in [0.1, 0.15) is 27.8 Å². The van der Waals surface area contributed by atoms with Gasteiger partial charge in [0.25, 0.3) is 0 Å². The fraction of sp³-hybridized carbons (Fsp3) is 0.0588. The number of ketones is 1. The van der Waals surface area contributed by atoms with Gasteiger partial charge in [0.05, 0.1) is 11.3 Å². The molecule has 0 radical (unpaired) electrons. The Labute approximate surface area is 121 Å². The van der Waals surface area contributed by atoms with Crippen LogP contribution >= 0.6 is 0 Å². The van der Waals surface area contributed by atoms with Gasteiger partial charge in [-0.2, -0.15) is 0 Å². The van der Waals surface area contributed by atoms with Gasteiger partial charge in [0.1, 0.15) is 0 Å². The Morgan fingerprint density at radius 3 is 2.38 bits per heavy atom. The van der Waals surface area contributed by atoms with Crippen molar-refractivity contribution in [1.82, 2.24) is 4.98 Å². The van der Waals surface area contributed by atoms with Gasteiger partial charge < -0.3 is 10.1 Å². The molecule has 21 heavy (non-hydrogen) atoms. The van der Waals surface area contributed by atoms with Crippen LogP contribution in [0.4, 0.5) is 0 Å². The highest BCUT2D eigenvalue weighted by atomic mass is 16.4. The molecule has 1 aromatic heterocycles. The molecule has 4 nitrogen and oxygen atoms in total. The van der Waals surface area contributed by atoms with Gasteiger partial charge in [-0.25, -0.2) is 4.79 Å². The van der Waals surface area contributed by atoms with Crippen LogP contribution in [-0.2, 0) is 0 Å². The van der Waals surface area contributed by atoms with Crippen LogP contribution in [-0.4, -0.2) is 21.8 Å². The van der Waals surface area contributed by atoms with Crippen molar-refractivity contribution in [3.8, 4) is 11.1 Å². The summed E-state index contributed by atoms with van der Waals surface area (Å²) in [5.74, 6) is -0.960. The Hall–Kier alpha value is -2.88. The van der Waals surface area contributed by atoms with E-state index in [0.717, 1.165) is 22.0 Å². The molecule has 3 aromatic rings. The number of aromatic amines is 1. The van der Waals surface area contributed by atoms with Crippen molar-refractivity contribution in [2.24, 2.45) is 0 Å². The molecular weight excluding hydrogens is 266 g/mol. The van der Waals surface area contributed by atoms with Crippen molar-refractivity contribution in [1.29, 1.82) is 0 Å². The van der Waals surface area contributed by atoms with Crippen molar-refractivity contribution in [2.75, 3.05) is 0 Å². The van der Waals surface area contributed by atoms with Crippen molar-refractivity contribution in [2.45, 2.75) is 6.92 Å². The van der Waals surface area contributed by atoms with Crippen molar-refractivity contribution in [3.63, 3.8) is 0 Å². The number of Topliss-reactive ketones (excluding diaryl/α,β-unsaturated/α-hetero) is 1. The normalized spacial score (nSPS) is 10.7. The highest BCUT2D eigenvalue weighted by molar-refractivity contribution is 6.03. The van der Waals surface area contributed by atoms with Crippen molar-refractivity contribution in [3.05, 3.63) is 59.8 Å². The Bertz CT molecular complexity index is 844. The van der Waals surface area contributed by atoms with Crippen LogP contribution in [0.3, 0.4) is 0 Å². The third-order valence-electron chi connectivity index (χ3n) is 3.49. The second kappa shape index (κ2) is 4.90. The number of aromatic carboxylic acids is 1. The maximum Gasteiger partial charge on any atom is 0.335 e. The van der Waals surface area contributed by atoms with E-state index >= 15 is 0 Å². The van der Waals surface area contributed by atoms with E-state index in [0.29, 0.717) is 5.69 Å². The molecule has 0 fully saturated rings. The number of fused-ring (bicyclic) bond motifs is 1. The lowest BCUT2D eigenvalue weighted by atomic mass is 10.0. The average Bonchev–Trinajstić information content (AvgIpc) is 2.91. The lowest BCUT2D eigenvalue weighted by molar-refractivity contribution is 0.0696. The molecule has 104 valence electrons. The van der Waals surface area contributed by atoms with Crippen LogP contribution in [0.2, 0.25) is 0 Å². The van der Waals surface area contributed by atoms with E-state index in [-0.39, 0.29) is 11.3 Å². The molecule has 1 heterocycles. The first kappa shape index (κ1) is 13.1. The molecule has 0 saturated heterocycles. The summed E-state index contributed by atoms with van der Waals surface area (Å²) in [4.78, 5) is 25.5. The zero-order valence-electron chi connectivity index (χ0n) is 11.4. The number of H-pyrrole nitrogens is 1. The zero-order chi connectivity index (χ0) is 15.0. The molecule has 0 aliphatic heterocycles. The summed E-state index contributed by atoms with van der Waals surface area (Å²) in [6.07, 6.45) is 0. The number of carbonyl (C=O) groups excluding carboxylic acids is 1. The number of aromatic nitrogens is 1. The number of hydrogen-bond donors (Lipinski definition) is 2. The van der Waals surface area contributed by atoms with Crippen LogP contribution in [0.5, 0.6) is 0 Å². The van der Waals surface area contributed by atoms with E-state index in [1.807, 2.05) is 24.3 Å². The number of carboxylic acid groups (broad SMARTS) is 1. The summed E-state index contributed by atoms with van der Waals surface area (Å²) < 4.78 is 0. The molecule has 0 unspecified atom stereocenters. The van der Waals surface area contributed by atoms with Gasteiger partial charge in [-0.1, -0.05) is 24.3 Å². The van der Waals surface area contributed by atoms with Gasteiger partial charge in [-0.3, -0.25) is 4.79 Å². The van der Waals surface area contributed by atoms with E-state index in [9.17, 15) is 9.59 Å². The molecule has 0 amide bonds. The first-order valence-corrected chi connectivity index (χ1v) is 6.52. The molecule has 0 aliphatic carbocycles. The van der Waals surface area contributed by atoms with Gasteiger partial charge in [0.15, 0.2) is 5.78 Å². The summed E-state index contributed by atoms with van der Waals surface area (Å²) in [6, 6.07) is 14.3. The van der Waals surface area contributed by atoms with Gasteiger partial charge >= 0.3 is 5.97 Å². The average molecular weight is 279 g/mol. The lowest BCUT2D eigenvalue weighted by Crippen LogP contribution is -1.94. The molecule has 4 heteroatoms. The molecule has 0 saturated carbocycles. The molecule has 0 aliphatic rings. The van der Waals surface area contributed by atoms with Crippen LogP contribution < -0.4 is 0 Å². The Kier molecular flexibility index (Phi) is 3.06. The first-order chi connectivity index (χ1) is 10.1. The second-order valence-corrected chi connectivity index (χ2v) is 4.89. The van der Waals surface area contributed by atoms with Crippen molar-refractivity contribution < 1.29 is 14.7 Å². The number of nitrogens with one attached hydrogen (secondary N) is 1. The van der Waals surface area contributed by atoms with E-state index in [1.165, 1.54) is 6.92 Å². The Morgan fingerprint density at radius 2 is 1.76 bits per heavy atom. The molecule has 3 rings (SSSR count). The van der Waals surface area contributed by atoms with E-state index in [4.69, 9.17) is 5.11 Å². The fourth-order valence-electron chi connectivity index (χ4n) is 2.39. The predicted molar refractivity (Wildman–Crippen MR) is 80.7 cm³/mol. The standard InChI is InChI=1S/C17H13NO3/c1-10(19)16-9-14-13(3-2-4-15(14)18-16)11-5-7-12(8-6-11)17(20)21/h2-9,18H,1H3,(H,20,21). The summed E-state index contributed by atoms with van der Waals surface area (Å²) in [5, 5.41) is 9.89. The van der Waals surface area contributed by atoms with Gasteiger partial charge in [0.2, 0.25) is 0 Å². The Balaban J connectivity index is 2.15. The largest absolute Gasteiger partial charge is 0.478 e. The monoisotopic (exact) mass is 279 g/mol. The summed E-state index contributed by atoms with van der Waals surface area (Å²) >= 11 is 0. The van der Waals surface area contributed by atoms with Gasteiger partial charge in [-0.05, 0) is 35.4 Å². The van der Waals surface area contributed by atoms with Crippen LogP contribution in [0.15, 0.2) is 48.5 Å². The second-order valence-electron chi connectivity index (χ2n) is 4.89. The minimum absolute atomic E-state index is 0.0154. The minimum Gasteiger partial charge on any atom is -0.478 e. The predicted octanol–water partition coefficient (Wildman–Crippen LogP) is 3.74. The number of rotatable bonds is 3. The summed E-state index contributed by atoms with van der Waals surface area (Å²) in [6.45, 7) is 1.52. The van der Waals surface area contributed by atoms with Gasteiger partial charge in [-0.15, -0.1) is 0 Å². The van der Waals surface area contributed by atoms with Crippen LogP contribution in [0.25, 0.3) is 22.0 Å². The SMILES string of the molecule is CC(=O)c1cc2c(-c3ccc(C(=O)O)cc3)cccc2[nH]1. The van der Waals surface area contributed by atoms with Crippen LogP contribution in [0, 0.1) is 0 Å². The maximum absolute atomic E-state index is 11.5. The van der Waals surface area contributed by atoms with Gasteiger partial charge in [0, 0.05) is 17.8 Å². The maximum atomic E-state index is 11.5. The van der Waals surface area contributed by atoms with E-state index < -0.39 is 5.97 Å². The molecule has 0 bridgehead atoms. The zero-order valence-corrected chi connectivity index (χ0v) is 11.4. The minimum atomic E-state index is -0.944. The molecule has 0 atom stereocenters. The molecule has 2 aromatic carbocycles. The third-order valence-corrected chi connectivity index (χ3v) is 3.49. The number of carbonyl (C=O) groups is 2. The highest BCUT2D eigenvalue weighted by Crippen LogP contribution is 2.29. The fourth-order valence-corrected chi connectivity index (χ4v) is 2.39. The summed E-state index contributed by atoms with van der Waals surface area (Å²) in [5.41, 5.74) is 3.59. The lowest BCUT2D eigenvalue weighted by Gasteiger charge is -2.04.